The van der Waals surface area contributed by atoms with Crippen molar-refractivity contribution in [2.45, 2.75) is 78.9 Å². The van der Waals surface area contributed by atoms with Crippen molar-refractivity contribution < 1.29 is 111 Å². The van der Waals surface area contributed by atoms with Crippen LogP contribution in [0.5, 0.6) is 0 Å². The number of ether oxygens (including phenoxy) is 10. The molecule has 8 aromatic rings. The summed E-state index contributed by atoms with van der Waals surface area (Å²) < 4.78 is 127. The Hall–Kier alpha value is -9.72. The fourth-order valence-corrected chi connectivity index (χ4v) is 10.7. The molecule has 94 heavy (non-hydrogen) atoms. The van der Waals surface area contributed by atoms with Gasteiger partial charge in [-0.15, -0.1) is 0 Å². The molecular formula is C67H59F6N2O17PS. The molecule has 1 aromatic heterocycles. The Morgan fingerprint density at radius 1 is 0.447 bits per heavy atom. The third kappa shape index (κ3) is 20.4. The number of carbonyl (C=O) groups is 7. The van der Waals surface area contributed by atoms with E-state index >= 15 is 0 Å². The van der Waals surface area contributed by atoms with E-state index in [0.29, 0.717) is 4.90 Å². The normalized spacial score (nSPS) is 21.6. The Morgan fingerprint density at radius 3 is 1.14 bits per heavy atom. The molecule has 19 nitrogen and oxygen atoms in total. The summed E-state index contributed by atoms with van der Waals surface area (Å²) in [5, 5.41) is 0. The molecule has 0 bridgehead atoms. The van der Waals surface area contributed by atoms with Gasteiger partial charge in [0.1, 0.15) is 36.6 Å². The van der Waals surface area contributed by atoms with Crippen LogP contribution < -0.4 is 4.57 Å². The van der Waals surface area contributed by atoms with Crippen LogP contribution in [-0.2, 0) is 65.8 Å². The van der Waals surface area contributed by atoms with E-state index in [-0.39, 0.29) is 39.9 Å². The van der Waals surface area contributed by atoms with Gasteiger partial charge in [0.2, 0.25) is 6.33 Å². The maximum atomic E-state index is 14.5. The molecule has 0 amide bonds. The molecule has 0 radical (unpaired) electrons. The van der Waals surface area contributed by atoms with Gasteiger partial charge in [-0.3, -0.25) is 0 Å². The van der Waals surface area contributed by atoms with Gasteiger partial charge >= 0.3 is 74.8 Å². The molecular weight excluding hydrogens is 1280 g/mol. The maximum absolute atomic E-state index is 14.5. The van der Waals surface area contributed by atoms with Crippen LogP contribution >= 0.6 is 19.6 Å². The van der Waals surface area contributed by atoms with Crippen LogP contribution in [0, 0.1) is 6.92 Å². The van der Waals surface area contributed by atoms with E-state index in [1.807, 2.05) is 31.2 Å². The number of nitrogens with zero attached hydrogens (tertiary/aromatic N) is 2. The zero-order chi connectivity index (χ0) is 67.1. The first-order valence-electron chi connectivity index (χ1n) is 28.7. The van der Waals surface area contributed by atoms with E-state index in [2.05, 4.69) is 0 Å². The summed E-state index contributed by atoms with van der Waals surface area (Å²) in [5.41, 5.74) is 0.189. The summed E-state index contributed by atoms with van der Waals surface area (Å²) in [6.45, 7) is 0.307. The van der Waals surface area contributed by atoms with Gasteiger partial charge in [-0.1, -0.05) is 139 Å². The van der Waals surface area contributed by atoms with E-state index in [1.165, 1.54) is 60.7 Å². The molecule has 0 spiro atoms. The molecule has 0 N–H and O–H groups in total. The molecule has 492 valence electrons. The van der Waals surface area contributed by atoms with E-state index in [4.69, 9.17) is 47.4 Å². The number of aromatic nitrogens is 2. The number of imidazole rings is 1. The molecule has 27 heteroatoms. The van der Waals surface area contributed by atoms with Gasteiger partial charge in [0.25, 0.3) is 0 Å². The zero-order valence-corrected chi connectivity index (χ0v) is 51.4. The molecule has 7 aromatic carbocycles. The second-order valence-electron chi connectivity index (χ2n) is 21.2. The molecule has 2 aliphatic rings. The standard InChI is InChI=1S/C67H59N2O17S.F6P/c1-43-33-35-50(36-34-43)87-67-59(86-65(76)49-31-19-8-20-32-49)57(84-63(74)47-27-15-6-16-28-47)55(82-61(72)45-23-11-4-12-24-45)52(80-67)41-78-66-58(85-64(75)48-29-17-7-18-30-48)56(83-62(73)46-25-13-5-14-26-46)54(81-60(71)44-21-9-3-10-22-44)51(79-66)40-77-53(70)39-69-38-37-68(2)42-69;1-7(2,3,4,5)6/h3-38,42,51-52,54-59,66-67H,39-41H2,1-2H3;/q+1;-1. The summed E-state index contributed by atoms with van der Waals surface area (Å²) in [7, 11) is -8.88. The number of hydrogen-bond acceptors (Lipinski definition) is 18. The predicted molar refractivity (Wildman–Crippen MR) is 324 cm³/mol. The fraction of sp³-hybridized carbons (Fsp3) is 0.224. The van der Waals surface area contributed by atoms with Crippen molar-refractivity contribution in [1.29, 1.82) is 0 Å². The van der Waals surface area contributed by atoms with Gasteiger partial charge in [0.15, 0.2) is 49.5 Å². The summed E-state index contributed by atoms with van der Waals surface area (Å²) in [6.07, 6.45) is -10.1. The number of halogens is 6. The van der Waals surface area contributed by atoms with Gasteiger partial charge < -0.3 is 47.4 Å². The average molecular weight is 1340 g/mol. The zero-order valence-electron chi connectivity index (χ0n) is 49.7. The Kier molecular flexibility index (Phi) is 21.8. The van der Waals surface area contributed by atoms with E-state index in [9.17, 15) is 58.7 Å². The van der Waals surface area contributed by atoms with Gasteiger partial charge in [0.05, 0.1) is 47.0 Å². The molecule has 0 saturated carbocycles. The minimum atomic E-state index is -10.7. The average Bonchev–Trinajstić information content (AvgIpc) is 0.803. The first kappa shape index (κ1) is 68.6. The van der Waals surface area contributed by atoms with Crippen molar-refractivity contribution in [3.63, 3.8) is 0 Å². The monoisotopic (exact) mass is 1340 g/mol. The minimum absolute atomic E-state index is 0.0512. The second-order valence-corrected chi connectivity index (χ2v) is 24.2. The molecule has 10 rings (SSSR count). The predicted octanol–water partition coefficient (Wildman–Crippen LogP) is 12.2. The van der Waals surface area contributed by atoms with Crippen LogP contribution in [0.2, 0.25) is 0 Å². The van der Waals surface area contributed by atoms with E-state index in [1.54, 1.807) is 156 Å². The molecule has 10 unspecified atom stereocenters. The molecule has 2 aliphatic heterocycles. The van der Waals surface area contributed by atoms with Crippen LogP contribution in [0.1, 0.15) is 67.7 Å². The van der Waals surface area contributed by atoms with Crippen LogP contribution in [0.15, 0.2) is 230 Å². The number of esters is 7. The number of rotatable bonds is 21. The Bertz CT molecular complexity index is 3880. The van der Waals surface area contributed by atoms with Crippen molar-refractivity contribution in [3.05, 3.63) is 264 Å². The van der Waals surface area contributed by atoms with Crippen molar-refractivity contribution in [1.82, 2.24) is 4.57 Å². The van der Waals surface area contributed by atoms with Crippen molar-refractivity contribution in [3.8, 4) is 0 Å². The van der Waals surface area contributed by atoms with Crippen LogP contribution in [0.3, 0.4) is 0 Å². The molecule has 0 aliphatic carbocycles. The number of hydrogen-bond donors (Lipinski definition) is 0. The van der Waals surface area contributed by atoms with Crippen molar-refractivity contribution in [2.75, 3.05) is 13.2 Å². The van der Waals surface area contributed by atoms with Gasteiger partial charge in [0, 0.05) is 4.90 Å². The van der Waals surface area contributed by atoms with Gasteiger partial charge in [-0.05, 0) is 91.9 Å². The SMILES string of the molecule is Cc1ccc(SC2OC(COC3OC(COC(=O)Cn4cc[n+](C)c4)C(OC(=O)c4ccccc4)C(OC(=O)c4ccccc4)C3OC(=O)c3ccccc3)C(OC(=O)c3ccccc3)C(OC(=O)c3ccccc3)C2OC(=O)c2ccccc2)cc1.F[P-](F)(F)(F)(F)F. The van der Waals surface area contributed by atoms with E-state index in [0.717, 1.165) is 17.3 Å². The van der Waals surface area contributed by atoms with Crippen LogP contribution in [0.4, 0.5) is 25.2 Å². The summed E-state index contributed by atoms with van der Waals surface area (Å²) in [6, 6.07) is 55.1. The van der Waals surface area contributed by atoms with Gasteiger partial charge in [-0.25, -0.2) is 42.7 Å². The Balaban J connectivity index is 0.00000141. The van der Waals surface area contributed by atoms with Gasteiger partial charge in [-0.2, -0.15) is 0 Å². The Labute approximate surface area is 537 Å². The third-order valence-electron chi connectivity index (χ3n) is 13.9. The Morgan fingerprint density at radius 2 is 0.777 bits per heavy atom. The molecule has 2 fully saturated rings. The summed E-state index contributed by atoms with van der Waals surface area (Å²) >= 11 is 1.11. The van der Waals surface area contributed by atoms with Crippen molar-refractivity contribution >= 4 is 61.4 Å². The summed E-state index contributed by atoms with van der Waals surface area (Å²) in [5.74, 6) is -6.17. The molecule has 2 saturated heterocycles. The second kappa shape index (κ2) is 29.9. The van der Waals surface area contributed by atoms with Crippen LogP contribution in [0.25, 0.3) is 0 Å². The quantitative estimate of drug-likeness (QED) is 0.0214. The first-order chi connectivity index (χ1) is 44.8. The molecule has 10 atom stereocenters. The number of benzene rings is 7. The topological polar surface area (TPSA) is 221 Å². The fourth-order valence-electron chi connectivity index (χ4n) is 9.56. The first-order valence-corrected chi connectivity index (χ1v) is 31.6. The number of aryl methyl sites for hydroxylation is 2. The number of thioether (sulfide) groups is 1. The molecule has 3 heterocycles. The summed E-state index contributed by atoms with van der Waals surface area (Å²) in [4.78, 5) is 101. The van der Waals surface area contributed by atoms with Crippen molar-refractivity contribution in [2.24, 2.45) is 7.05 Å². The van der Waals surface area contributed by atoms with E-state index < -0.39 is 123 Å². The third-order valence-corrected chi connectivity index (χ3v) is 15.1. The number of carbonyl (C=O) groups excluding carboxylic acids is 7. The van der Waals surface area contributed by atoms with Crippen LogP contribution in [-0.4, -0.2) is 120 Å².